The quantitative estimate of drug-likeness (QED) is 0.675. The molecule has 1 rings (SSSR count). The Balaban J connectivity index is 2.55. The number of nitrogens with one attached hydrogen (secondary N) is 1. The molecule has 0 amide bonds. The Bertz CT molecular complexity index is 511. The molecule has 0 bridgehead atoms. The molecule has 0 aliphatic heterocycles. The van der Waals surface area contributed by atoms with Crippen molar-refractivity contribution in [2.75, 3.05) is 18.1 Å². The summed E-state index contributed by atoms with van der Waals surface area (Å²) in [6.07, 6.45) is 4.79. The number of benzene rings is 1. The molecule has 5 heteroatoms. The molecule has 0 aliphatic rings. The van der Waals surface area contributed by atoms with Gasteiger partial charge in [0.1, 0.15) is 6.07 Å². The van der Waals surface area contributed by atoms with Crippen LogP contribution in [-0.4, -0.2) is 23.9 Å². The van der Waals surface area contributed by atoms with Crippen molar-refractivity contribution in [2.45, 2.75) is 37.5 Å². The predicted octanol–water partition coefficient (Wildman–Crippen LogP) is 3.97. The Kier molecular flexibility index (Phi) is 7.70. The molecule has 21 heavy (non-hydrogen) atoms. The van der Waals surface area contributed by atoms with E-state index >= 15 is 0 Å². The highest BCUT2D eigenvalue weighted by Crippen LogP contribution is 2.26. The third-order valence-electron chi connectivity index (χ3n) is 3.57. The second-order valence-corrected chi connectivity index (χ2v) is 5.76. The van der Waals surface area contributed by atoms with Crippen LogP contribution in [-0.2, 0) is 4.79 Å². The molecule has 0 fully saturated rings. The topological polar surface area (TPSA) is 73.1 Å². The van der Waals surface area contributed by atoms with Gasteiger partial charge in [0.15, 0.2) is 0 Å². The standard InChI is InChI=1S/C16H22N2O2S/c1-3-12(7-8-16(19)20)9-10-18-14-5-4-6-15(21-2)13(14)11-17/h4-6,12,18H,3,7-10H2,1-2H3,(H,19,20). The van der Waals surface area contributed by atoms with E-state index in [0.717, 1.165) is 30.0 Å². The lowest BCUT2D eigenvalue weighted by atomic mass is 9.96. The number of thioether (sulfide) groups is 1. The maximum Gasteiger partial charge on any atom is 0.303 e. The molecule has 0 saturated carbocycles. The van der Waals surface area contributed by atoms with Crippen LogP contribution < -0.4 is 5.32 Å². The smallest absolute Gasteiger partial charge is 0.303 e. The zero-order chi connectivity index (χ0) is 15.7. The van der Waals surface area contributed by atoms with E-state index in [1.807, 2.05) is 24.5 Å². The molecule has 1 unspecified atom stereocenters. The molecule has 4 nitrogen and oxygen atoms in total. The Morgan fingerprint density at radius 3 is 2.81 bits per heavy atom. The van der Waals surface area contributed by atoms with Crippen molar-refractivity contribution in [3.63, 3.8) is 0 Å². The van der Waals surface area contributed by atoms with Gasteiger partial charge < -0.3 is 10.4 Å². The van der Waals surface area contributed by atoms with Gasteiger partial charge in [-0.2, -0.15) is 5.26 Å². The highest BCUT2D eigenvalue weighted by Gasteiger charge is 2.10. The highest BCUT2D eigenvalue weighted by molar-refractivity contribution is 7.98. The molecule has 114 valence electrons. The van der Waals surface area contributed by atoms with Gasteiger partial charge in [-0.1, -0.05) is 19.4 Å². The molecular formula is C16H22N2O2S. The summed E-state index contributed by atoms with van der Waals surface area (Å²) in [4.78, 5) is 11.6. The van der Waals surface area contributed by atoms with E-state index in [-0.39, 0.29) is 6.42 Å². The minimum atomic E-state index is -0.735. The number of aliphatic carboxylic acids is 1. The first-order valence-electron chi connectivity index (χ1n) is 7.15. The zero-order valence-corrected chi connectivity index (χ0v) is 13.4. The molecule has 0 heterocycles. The Labute approximate surface area is 130 Å². The van der Waals surface area contributed by atoms with E-state index in [0.29, 0.717) is 17.9 Å². The lowest BCUT2D eigenvalue weighted by molar-refractivity contribution is -0.137. The molecule has 1 aromatic carbocycles. The molecule has 0 saturated heterocycles. The van der Waals surface area contributed by atoms with Gasteiger partial charge in [-0.3, -0.25) is 4.79 Å². The van der Waals surface area contributed by atoms with Crippen molar-refractivity contribution >= 4 is 23.4 Å². The molecule has 1 aromatic rings. The molecule has 0 aromatic heterocycles. The minimum Gasteiger partial charge on any atom is -0.481 e. The van der Waals surface area contributed by atoms with E-state index < -0.39 is 5.97 Å². The van der Waals surface area contributed by atoms with Crippen LogP contribution in [0.25, 0.3) is 0 Å². The van der Waals surface area contributed by atoms with Gasteiger partial charge in [-0.05, 0) is 37.1 Å². The maximum atomic E-state index is 10.6. The molecule has 1 atom stereocenters. The summed E-state index contributed by atoms with van der Waals surface area (Å²) in [5.41, 5.74) is 1.54. The van der Waals surface area contributed by atoms with Gasteiger partial charge in [0.05, 0.1) is 11.3 Å². The minimum absolute atomic E-state index is 0.226. The Morgan fingerprint density at radius 2 is 2.24 bits per heavy atom. The van der Waals surface area contributed by atoms with Crippen LogP contribution in [0.15, 0.2) is 23.1 Å². The van der Waals surface area contributed by atoms with Crippen molar-refractivity contribution in [2.24, 2.45) is 5.92 Å². The largest absolute Gasteiger partial charge is 0.481 e. The van der Waals surface area contributed by atoms with Crippen molar-refractivity contribution in [3.8, 4) is 6.07 Å². The summed E-state index contributed by atoms with van der Waals surface area (Å²) in [5, 5.41) is 21.3. The lowest BCUT2D eigenvalue weighted by Crippen LogP contribution is -2.11. The van der Waals surface area contributed by atoms with Crippen molar-refractivity contribution in [3.05, 3.63) is 23.8 Å². The second kappa shape index (κ2) is 9.30. The fraction of sp³-hybridized carbons (Fsp3) is 0.500. The van der Waals surface area contributed by atoms with Gasteiger partial charge in [0.2, 0.25) is 0 Å². The van der Waals surface area contributed by atoms with Crippen molar-refractivity contribution in [1.29, 1.82) is 5.26 Å². The fourth-order valence-corrected chi connectivity index (χ4v) is 2.83. The molecular weight excluding hydrogens is 284 g/mol. The first-order valence-corrected chi connectivity index (χ1v) is 8.37. The van der Waals surface area contributed by atoms with E-state index in [1.54, 1.807) is 11.8 Å². The number of rotatable bonds is 9. The van der Waals surface area contributed by atoms with Crippen LogP contribution in [0.4, 0.5) is 5.69 Å². The van der Waals surface area contributed by atoms with Crippen LogP contribution in [0.1, 0.15) is 38.2 Å². The average Bonchev–Trinajstić information content (AvgIpc) is 2.49. The van der Waals surface area contributed by atoms with E-state index in [4.69, 9.17) is 5.11 Å². The van der Waals surface area contributed by atoms with E-state index in [1.165, 1.54) is 0 Å². The summed E-state index contributed by atoms with van der Waals surface area (Å²) in [6, 6.07) is 8.04. The van der Waals surface area contributed by atoms with Gasteiger partial charge in [0.25, 0.3) is 0 Å². The van der Waals surface area contributed by atoms with Crippen LogP contribution in [0, 0.1) is 17.2 Å². The number of carboxylic acid groups (broad SMARTS) is 1. The number of carbonyl (C=O) groups is 1. The SMILES string of the molecule is CCC(CCNc1cccc(SC)c1C#N)CCC(=O)O. The third kappa shape index (κ3) is 5.68. The first-order chi connectivity index (χ1) is 10.1. The number of carboxylic acids is 1. The Hall–Kier alpha value is -1.67. The van der Waals surface area contributed by atoms with Crippen LogP contribution in [0.5, 0.6) is 0 Å². The maximum absolute atomic E-state index is 10.6. The lowest BCUT2D eigenvalue weighted by Gasteiger charge is -2.15. The third-order valence-corrected chi connectivity index (χ3v) is 4.35. The average molecular weight is 306 g/mol. The second-order valence-electron chi connectivity index (χ2n) is 4.92. The molecule has 0 aliphatic carbocycles. The zero-order valence-electron chi connectivity index (χ0n) is 12.6. The van der Waals surface area contributed by atoms with Gasteiger partial charge in [-0.25, -0.2) is 0 Å². The normalized spacial score (nSPS) is 11.7. The van der Waals surface area contributed by atoms with Gasteiger partial charge in [-0.15, -0.1) is 11.8 Å². The van der Waals surface area contributed by atoms with Crippen LogP contribution in [0.2, 0.25) is 0 Å². The molecule has 0 radical (unpaired) electrons. The number of nitriles is 1. The highest BCUT2D eigenvalue weighted by atomic mass is 32.2. The summed E-state index contributed by atoms with van der Waals surface area (Å²) < 4.78 is 0. The summed E-state index contributed by atoms with van der Waals surface area (Å²) >= 11 is 1.56. The van der Waals surface area contributed by atoms with Gasteiger partial charge >= 0.3 is 5.97 Å². The summed E-state index contributed by atoms with van der Waals surface area (Å²) in [5.74, 6) is -0.330. The van der Waals surface area contributed by atoms with Crippen LogP contribution >= 0.6 is 11.8 Å². The fourth-order valence-electron chi connectivity index (χ4n) is 2.26. The summed E-state index contributed by atoms with van der Waals surface area (Å²) in [7, 11) is 0. The number of anilines is 1. The monoisotopic (exact) mass is 306 g/mol. The molecule has 2 N–H and O–H groups in total. The van der Waals surface area contributed by atoms with Crippen LogP contribution in [0.3, 0.4) is 0 Å². The number of nitrogens with zero attached hydrogens (tertiary/aromatic N) is 1. The first kappa shape index (κ1) is 17.4. The van der Waals surface area contributed by atoms with E-state index in [2.05, 4.69) is 18.3 Å². The van der Waals surface area contributed by atoms with Crippen molar-refractivity contribution < 1.29 is 9.90 Å². The molecule has 0 spiro atoms. The van der Waals surface area contributed by atoms with E-state index in [9.17, 15) is 10.1 Å². The van der Waals surface area contributed by atoms with Gasteiger partial charge in [0, 0.05) is 17.9 Å². The number of hydrogen-bond donors (Lipinski definition) is 2. The predicted molar refractivity (Wildman–Crippen MR) is 86.7 cm³/mol. The van der Waals surface area contributed by atoms with Crippen molar-refractivity contribution in [1.82, 2.24) is 0 Å². The summed E-state index contributed by atoms with van der Waals surface area (Å²) in [6.45, 7) is 2.84. The Morgan fingerprint density at radius 1 is 1.48 bits per heavy atom. The number of hydrogen-bond acceptors (Lipinski definition) is 4.